The number of hydrogen-bond donors (Lipinski definition) is 1. The second kappa shape index (κ2) is 5.44. The fourth-order valence-electron chi connectivity index (χ4n) is 1.69. The number of aliphatic hydroxyl groups is 1. The maximum atomic E-state index is 12.8. The Morgan fingerprint density at radius 2 is 1.84 bits per heavy atom. The van der Waals surface area contributed by atoms with E-state index in [4.69, 9.17) is 9.52 Å². The van der Waals surface area contributed by atoms with Crippen molar-refractivity contribution in [2.24, 2.45) is 0 Å². The minimum atomic E-state index is -4.58. The van der Waals surface area contributed by atoms with Gasteiger partial charge in [0.15, 0.2) is 0 Å². The van der Waals surface area contributed by atoms with Gasteiger partial charge >= 0.3 is 6.18 Å². The zero-order valence-electron chi connectivity index (χ0n) is 9.94. The number of aromatic nitrogens is 1. The summed E-state index contributed by atoms with van der Waals surface area (Å²) in [4.78, 5) is 3.89. The van der Waals surface area contributed by atoms with Crippen molar-refractivity contribution in [3.05, 3.63) is 41.8 Å². The summed E-state index contributed by atoms with van der Waals surface area (Å²) in [5.41, 5.74) is 0.323. The van der Waals surface area contributed by atoms with Gasteiger partial charge in [0.25, 0.3) is 0 Å². The van der Waals surface area contributed by atoms with Gasteiger partial charge < -0.3 is 9.52 Å². The number of oxazole rings is 1. The van der Waals surface area contributed by atoms with E-state index in [0.29, 0.717) is 5.56 Å². The first-order chi connectivity index (χ1) is 9.02. The Bertz CT molecular complexity index is 535. The second-order valence-electron chi connectivity index (χ2n) is 3.99. The molecule has 0 atom stereocenters. The highest BCUT2D eigenvalue weighted by Crippen LogP contribution is 2.35. The zero-order chi connectivity index (χ0) is 13.9. The predicted molar refractivity (Wildman–Crippen MR) is 62.3 cm³/mol. The molecule has 19 heavy (non-hydrogen) atoms. The summed E-state index contributed by atoms with van der Waals surface area (Å²) >= 11 is 0. The van der Waals surface area contributed by atoms with E-state index in [1.807, 2.05) is 0 Å². The van der Waals surface area contributed by atoms with Crippen molar-refractivity contribution < 1.29 is 22.7 Å². The average molecular weight is 271 g/mol. The molecule has 0 saturated heterocycles. The van der Waals surface area contributed by atoms with Gasteiger partial charge in [-0.25, -0.2) is 4.98 Å². The lowest BCUT2D eigenvalue weighted by molar-refractivity contribution is -0.153. The van der Waals surface area contributed by atoms with Crippen LogP contribution in [-0.2, 0) is 12.6 Å². The number of hydrogen-bond acceptors (Lipinski definition) is 3. The smallest absolute Gasteiger partial charge is 0.431 e. The van der Waals surface area contributed by atoms with Crippen molar-refractivity contribution in [2.75, 3.05) is 6.61 Å². The normalized spacial score (nSPS) is 11.8. The summed E-state index contributed by atoms with van der Waals surface area (Å²) in [5.74, 6) is -1.14. The summed E-state index contributed by atoms with van der Waals surface area (Å²) in [6.07, 6.45) is -4.34. The lowest BCUT2D eigenvalue weighted by Gasteiger charge is -2.03. The largest absolute Gasteiger partial charge is 0.451 e. The van der Waals surface area contributed by atoms with Gasteiger partial charge in [-0.05, 0) is 25.0 Å². The standard InChI is InChI=1S/C13H12F3NO2/c14-13(15,16)11-10(7-4-8-18)17-12(19-11)9-5-2-1-3-6-9/h1-3,5-6,18H,4,7-8H2. The Balaban J connectivity index is 2.40. The van der Waals surface area contributed by atoms with E-state index in [1.54, 1.807) is 30.3 Å². The van der Waals surface area contributed by atoms with Crippen LogP contribution in [0.15, 0.2) is 34.7 Å². The summed E-state index contributed by atoms with van der Waals surface area (Å²) in [7, 11) is 0. The maximum Gasteiger partial charge on any atom is 0.451 e. The maximum absolute atomic E-state index is 12.8. The lowest BCUT2D eigenvalue weighted by Crippen LogP contribution is -2.07. The number of rotatable bonds is 4. The average Bonchev–Trinajstić information content (AvgIpc) is 2.81. The highest BCUT2D eigenvalue weighted by atomic mass is 19.4. The summed E-state index contributed by atoms with van der Waals surface area (Å²) < 4.78 is 43.3. The topological polar surface area (TPSA) is 46.3 Å². The van der Waals surface area contributed by atoms with E-state index < -0.39 is 11.9 Å². The first-order valence-corrected chi connectivity index (χ1v) is 5.75. The zero-order valence-corrected chi connectivity index (χ0v) is 9.94. The SMILES string of the molecule is OCCCc1nc(-c2ccccc2)oc1C(F)(F)F. The fourth-order valence-corrected chi connectivity index (χ4v) is 1.69. The van der Waals surface area contributed by atoms with Gasteiger partial charge in [-0.3, -0.25) is 0 Å². The molecular weight excluding hydrogens is 259 g/mol. The van der Waals surface area contributed by atoms with E-state index in [9.17, 15) is 13.2 Å². The van der Waals surface area contributed by atoms with Gasteiger partial charge in [-0.1, -0.05) is 18.2 Å². The third kappa shape index (κ3) is 3.14. The molecule has 0 fully saturated rings. The molecule has 0 unspecified atom stereocenters. The molecule has 0 saturated carbocycles. The van der Waals surface area contributed by atoms with Crippen LogP contribution in [0.25, 0.3) is 11.5 Å². The molecule has 102 valence electrons. The Morgan fingerprint density at radius 3 is 2.42 bits per heavy atom. The molecule has 1 N–H and O–H groups in total. The van der Waals surface area contributed by atoms with Crippen molar-refractivity contribution in [1.82, 2.24) is 4.98 Å². The predicted octanol–water partition coefficient (Wildman–Crippen LogP) is 3.29. The van der Waals surface area contributed by atoms with Crippen LogP contribution in [0.1, 0.15) is 17.9 Å². The molecule has 2 rings (SSSR count). The molecule has 0 aliphatic heterocycles. The Labute approximate surface area is 107 Å². The summed E-state index contributed by atoms with van der Waals surface area (Å²) in [5, 5.41) is 8.71. The minimum Gasteiger partial charge on any atom is -0.431 e. The third-order valence-corrected chi connectivity index (χ3v) is 2.55. The Morgan fingerprint density at radius 1 is 1.16 bits per heavy atom. The number of nitrogens with zero attached hydrogens (tertiary/aromatic N) is 1. The van der Waals surface area contributed by atoms with Gasteiger partial charge in [0.2, 0.25) is 11.7 Å². The monoisotopic (exact) mass is 271 g/mol. The van der Waals surface area contributed by atoms with Crippen LogP contribution in [0.4, 0.5) is 13.2 Å². The fraction of sp³-hybridized carbons (Fsp3) is 0.308. The van der Waals surface area contributed by atoms with Crippen LogP contribution < -0.4 is 0 Å². The molecule has 0 amide bonds. The molecule has 0 bridgehead atoms. The molecule has 0 spiro atoms. The van der Waals surface area contributed by atoms with Crippen molar-refractivity contribution >= 4 is 0 Å². The van der Waals surface area contributed by atoms with Crippen molar-refractivity contribution in [2.45, 2.75) is 19.0 Å². The highest BCUT2D eigenvalue weighted by molar-refractivity contribution is 5.53. The number of aliphatic hydroxyl groups excluding tert-OH is 1. The number of alkyl halides is 3. The Kier molecular flexibility index (Phi) is 3.90. The molecule has 0 aliphatic carbocycles. The van der Waals surface area contributed by atoms with Gasteiger partial charge in [0.1, 0.15) is 0 Å². The molecule has 1 heterocycles. The lowest BCUT2D eigenvalue weighted by atomic mass is 10.2. The number of benzene rings is 1. The second-order valence-corrected chi connectivity index (χ2v) is 3.99. The third-order valence-electron chi connectivity index (χ3n) is 2.55. The van der Waals surface area contributed by atoms with Crippen LogP contribution in [0.3, 0.4) is 0 Å². The van der Waals surface area contributed by atoms with Crippen LogP contribution in [0.5, 0.6) is 0 Å². The van der Waals surface area contributed by atoms with Gasteiger partial charge in [-0.2, -0.15) is 13.2 Å². The van der Waals surface area contributed by atoms with E-state index in [2.05, 4.69) is 4.98 Å². The van der Waals surface area contributed by atoms with E-state index in [1.165, 1.54) is 0 Å². The number of halogens is 3. The van der Waals surface area contributed by atoms with Gasteiger partial charge in [0, 0.05) is 12.2 Å². The van der Waals surface area contributed by atoms with Crippen LogP contribution >= 0.6 is 0 Å². The first kappa shape index (κ1) is 13.6. The molecule has 6 heteroatoms. The van der Waals surface area contributed by atoms with E-state index in [-0.39, 0.29) is 31.0 Å². The quantitative estimate of drug-likeness (QED) is 0.928. The van der Waals surface area contributed by atoms with Crippen LogP contribution in [-0.4, -0.2) is 16.7 Å². The minimum absolute atomic E-state index is 0.0294. The van der Waals surface area contributed by atoms with Gasteiger partial charge in [-0.15, -0.1) is 0 Å². The van der Waals surface area contributed by atoms with Crippen molar-refractivity contribution in [3.63, 3.8) is 0 Å². The van der Waals surface area contributed by atoms with E-state index >= 15 is 0 Å². The van der Waals surface area contributed by atoms with Crippen molar-refractivity contribution in [1.29, 1.82) is 0 Å². The molecule has 1 aromatic carbocycles. The van der Waals surface area contributed by atoms with Crippen LogP contribution in [0, 0.1) is 0 Å². The Hall–Kier alpha value is -1.82. The molecule has 0 aliphatic rings. The highest BCUT2D eigenvalue weighted by Gasteiger charge is 2.39. The molecule has 1 aromatic heterocycles. The molecular formula is C13H12F3NO2. The summed E-state index contributed by atoms with van der Waals surface area (Å²) in [6.45, 7) is -0.190. The van der Waals surface area contributed by atoms with Gasteiger partial charge in [0.05, 0.1) is 5.69 Å². The van der Waals surface area contributed by atoms with E-state index in [0.717, 1.165) is 0 Å². The first-order valence-electron chi connectivity index (χ1n) is 5.75. The number of aryl methyl sites for hydroxylation is 1. The molecule has 3 nitrogen and oxygen atoms in total. The van der Waals surface area contributed by atoms with Crippen LogP contribution in [0.2, 0.25) is 0 Å². The molecule has 2 aromatic rings. The van der Waals surface area contributed by atoms with Crippen molar-refractivity contribution in [3.8, 4) is 11.5 Å². The summed E-state index contributed by atoms with van der Waals surface area (Å²) in [6, 6.07) is 8.40. The molecule has 0 radical (unpaired) electrons.